The summed E-state index contributed by atoms with van der Waals surface area (Å²) in [6.07, 6.45) is -3.59. The van der Waals surface area contributed by atoms with E-state index in [2.05, 4.69) is 9.97 Å². The lowest BCUT2D eigenvalue weighted by atomic mass is 10.1. The van der Waals surface area contributed by atoms with Gasteiger partial charge in [-0.25, -0.2) is 4.98 Å². The minimum absolute atomic E-state index is 0.0708. The van der Waals surface area contributed by atoms with E-state index < -0.39 is 18.2 Å². The molecule has 11 heteroatoms. The number of nitrogens with zero attached hydrogens (tertiary/aromatic N) is 2. The molecule has 1 amide bonds. The monoisotopic (exact) mass is 415 g/mol. The number of carbonyl (C=O) groups is 1. The number of halogens is 3. The maximum Gasteiger partial charge on any atom is 0.471 e. The first-order valence-corrected chi connectivity index (χ1v) is 8.95. The Labute approximate surface area is 163 Å². The Kier molecular flexibility index (Phi) is 6.26. The van der Waals surface area contributed by atoms with E-state index in [0.29, 0.717) is 23.3 Å². The van der Waals surface area contributed by atoms with E-state index in [1.54, 1.807) is 6.07 Å². The van der Waals surface area contributed by atoms with E-state index in [1.165, 1.54) is 19.5 Å². The lowest BCUT2D eigenvalue weighted by Crippen LogP contribution is -2.47. The highest BCUT2D eigenvalue weighted by Gasteiger charge is 2.43. The van der Waals surface area contributed by atoms with Crippen LogP contribution in [0.4, 0.5) is 13.2 Å². The summed E-state index contributed by atoms with van der Waals surface area (Å²) in [4.78, 5) is 30.7. The number of nitrogens with one attached hydrogen (secondary N) is 1. The van der Waals surface area contributed by atoms with Crippen LogP contribution in [0.15, 0.2) is 23.3 Å². The van der Waals surface area contributed by atoms with Gasteiger partial charge in [-0.1, -0.05) is 0 Å². The molecule has 1 fully saturated rings. The first-order chi connectivity index (χ1) is 13.8. The lowest BCUT2D eigenvalue weighted by molar-refractivity contribution is -0.187. The van der Waals surface area contributed by atoms with Crippen LogP contribution < -0.4 is 15.0 Å². The molecule has 2 aromatic rings. The molecule has 3 rings (SSSR count). The SMILES string of the molecule is COCCOc1cc2nc[nH]c(=O)c2cc1OC1CCN(C(=O)C(F)(F)F)CC1. The summed E-state index contributed by atoms with van der Waals surface area (Å²) in [5.41, 5.74) is 0.0630. The van der Waals surface area contributed by atoms with Gasteiger partial charge in [0.05, 0.1) is 23.8 Å². The summed E-state index contributed by atoms with van der Waals surface area (Å²) in [6.45, 7) is 0.426. The van der Waals surface area contributed by atoms with E-state index in [-0.39, 0.29) is 43.8 Å². The molecule has 1 aliphatic heterocycles. The van der Waals surface area contributed by atoms with Gasteiger partial charge in [0.2, 0.25) is 0 Å². The average Bonchev–Trinajstić information content (AvgIpc) is 2.68. The van der Waals surface area contributed by atoms with Crippen LogP contribution in [0.5, 0.6) is 11.5 Å². The predicted molar refractivity (Wildman–Crippen MR) is 96.0 cm³/mol. The Morgan fingerprint density at radius 2 is 1.97 bits per heavy atom. The maximum atomic E-state index is 12.6. The molecular weight excluding hydrogens is 395 g/mol. The van der Waals surface area contributed by atoms with E-state index in [0.717, 1.165) is 4.90 Å². The third kappa shape index (κ3) is 4.97. The normalized spacial score (nSPS) is 15.5. The molecule has 2 heterocycles. The molecule has 0 saturated carbocycles. The number of piperidine rings is 1. The number of fused-ring (bicyclic) bond motifs is 1. The van der Waals surface area contributed by atoms with Crippen molar-refractivity contribution in [3.8, 4) is 11.5 Å². The van der Waals surface area contributed by atoms with Crippen molar-refractivity contribution < 1.29 is 32.2 Å². The number of likely N-dealkylation sites (tertiary alicyclic amines) is 1. The molecule has 29 heavy (non-hydrogen) atoms. The van der Waals surface area contributed by atoms with Crippen LogP contribution >= 0.6 is 0 Å². The number of hydrogen-bond donors (Lipinski definition) is 1. The fourth-order valence-corrected chi connectivity index (χ4v) is 3.05. The molecule has 158 valence electrons. The van der Waals surface area contributed by atoms with Crippen molar-refractivity contribution in [1.82, 2.24) is 14.9 Å². The number of aromatic amines is 1. The summed E-state index contributed by atoms with van der Waals surface area (Å²) in [7, 11) is 1.53. The quantitative estimate of drug-likeness (QED) is 0.725. The van der Waals surface area contributed by atoms with Crippen molar-refractivity contribution in [3.63, 3.8) is 0 Å². The highest BCUT2D eigenvalue weighted by Crippen LogP contribution is 2.33. The van der Waals surface area contributed by atoms with Crippen LogP contribution in [0.1, 0.15) is 12.8 Å². The smallest absolute Gasteiger partial charge is 0.471 e. The van der Waals surface area contributed by atoms with Gasteiger partial charge in [-0.05, 0) is 6.07 Å². The summed E-state index contributed by atoms with van der Waals surface area (Å²) in [5.74, 6) is -1.21. The molecule has 1 aromatic heterocycles. The number of alkyl halides is 3. The Bertz CT molecular complexity index is 923. The fraction of sp³-hybridized carbons (Fsp3) is 0.500. The molecule has 0 atom stereocenters. The van der Waals surface area contributed by atoms with Crippen molar-refractivity contribution in [2.45, 2.75) is 25.1 Å². The Morgan fingerprint density at radius 1 is 1.24 bits per heavy atom. The van der Waals surface area contributed by atoms with Gasteiger partial charge in [-0.2, -0.15) is 13.2 Å². The van der Waals surface area contributed by atoms with Gasteiger partial charge in [0.1, 0.15) is 12.7 Å². The van der Waals surface area contributed by atoms with Gasteiger partial charge in [-0.15, -0.1) is 0 Å². The van der Waals surface area contributed by atoms with E-state index >= 15 is 0 Å². The number of benzene rings is 1. The van der Waals surface area contributed by atoms with Crippen LogP contribution in [0, 0.1) is 0 Å². The lowest BCUT2D eigenvalue weighted by Gasteiger charge is -2.32. The van der Waals surface area contributed by atoms with Crippen LogP contribution in [0.25, 0.3) is 10.9 Å². The maximum absolute atomic E-state index is 12.6. The molecule has 0 bridgehead atoms. The summed E-state index contributed by atoms with van der Waals surface area (Å²) < 4.78 is 54.3. The van der Waals surface area contributed by atoms with E-state index in [4.69, 9.17) is 14.2 Å². The number of rotatable bonds is 6. The molecule has 8 nitrogen and oxygen atoms in total. The summed E-state index contributed by atoms with van der Waals surface area (Å²) >= 11 is 0. The average molecular weight is 415 g/mol. The molecule has 1 N–H and O–H groups in total. The van der Waals surface area contributed by atoms with Gasteiger partial charge >= 0.3 is 12.1 Å². The number of hydrogen-bond acceptors (Lipinski definition) is 6. The molecule has 0 radical (unpaired) electrons. The highest BCUT2D eigenvalue weighted by atomic mass is 19.4. The zero-order valence-electron chi connectivity index (χ0n) is 15.6. The molecule has 0 unspecified atom stereocenters. The van der Waals surface area contributed by atoms with Crippen molar-refractivity contribution in [1.29, 1.82) is 0 Å². The number of H-pyrrole nitrogens is 1. The van der Waals surface area contributed by atoms with E-state index in [9.17, 15) is 22.8 Å². The van der Waals surface area contributed by atoms with Crippen molar-refractivity contribution in [3.05, 3.63) is 28.8 Å². The van der Waals surface area contributed by atoms with Crippen molar-refractivity contribution in [2.75, 3.05) is 33.4 Å². The summed E-state index contributed by atoms with van der Waals surface area (Å²) in [5, 5.41) is 0.297. The first kappa shape index (κ1) is 20.9. The Balaban J connectivity index is 1.76. The number of amides is 1. The molecule has 1 aliphatic rings. The van der Waals surface area contributed by atoms with Crippen LogP contribution in [-0.2, 0) is 9.53 Å². The van der Waals surface area contributed by atoms with E-state index in [1.807, 2.05) is 0 Å². The molecule has 1 saturated heterocycles. The Hall–Kier alpha value is -2.82. The number of aromatic nitrogens is 2. The van der Waals surface area contributed by atoms with Crippen LogP contribution in [-0.4, -0.2) is 66.5 Å². The van der Waals surface area contributed by atoms with Crippen LogP contribution in [0.3, 0.4) is 0 Å². The third-order valence-electron chi connectivity index (χ3n) is 4.52. The third-order valence-corrected chi connectivity index (χ3v) is 4.52. The zero-order valence-corrected chi connectivity index (χ0v) is 15.6. The first-order valence-electron chi connectivity index (χ1n) is 8.95. The van der Waals surface area contributed by atoms with Gasteiger partial charge in [0.15, 0.2) is 11.5 Å². The second-order valence-electron chi connectivity index (χ2n) is 6.50. The molecule has 1 aromatic carbocycles. The molecule has 0 spiro atoms. The number of carbonyl (C=O) groups excluding carboxylic acids is 1. The number of methoxy groups -OCH3 is 1. The van der Waals surface area contributed by atoms with Crippen LogP contribution in [0.2, 0.25) is 0 Å². The van der Waals surface area contributed by atoms with Gasteiger partial charge < -0.3 is 24.1 Å². The fourth-order valence-electron chi connectivity index (χ4n) is 3.05. The highest BCUT2D eigenvalue weighted by molar-refractivity contribution is 5.82. The van der Waals surface area contributed by atoms with Crippen molar-refractivity contribution >= 4 is 16.8 Å². The Morgan fingerprint density at radius 3 is 2.62 bits per heavy atom. The van der Waals surface area contributed by atoms with Crippen molar-refractivity contribution in [2.24, 2.45) is 0 Å². The topological polar surface area (TPSA) is 93.8 Å². The largest absolute Gasteiger partial charge is 0.487 e. The van der Waals surface area contributed by atoms with Gasteiger partial charge in [0.25, 0.3) is 5.56 Å². The van der Waals surface area contributed by atoms with Gasteiger partial charge in [-0.3, -0.25) is 9.59 Å². The predicted octanol–water partition coefficient (Wildman–Crippen LogP) is 1.88. The molecule has 0 aliphatic carbocycles. The minimum Gasteiger partial charge on any atom is -0.487 e. The number of ether oxygens (including phenoxy) is 3. The van der Waals surface area contributed by atoms with Gasteiger partial charge in [0, 0.05) is 39.1 Å². The molecular formula is C18H20F3N3O5. The zero-order chi connectivity index (χ0) is 21.0. The second kappa shape index (κ2) is 8.68. The second-order valence-corrected chi connectivity index (χ2v) is 6.50. The minimum atomic E-state index is -4.89. The summed E-state index contributed by atoms with van der Waals surface area (Å²) in [6, 6.07) is 3.06. The standard InChI is InChI=1S/C18H20F3N3O5/c1-27-6-7-28-14-9-13-12(16(25)23-10-22-13)8-15(14)29-11-2-4-24(5-3-11)17(26)18(19,20)21/h8-11H,2-7H2,1H3,(H,22,23,25).